The third-order valence-corrected chi connectivity index (χ3v) is 2.70. The van der Waals surface area contributed by atoms with Crippen LogP contribution >= 0.6 is 0 Å². The standard InChI is InChI=1S/C11H22N2O/c1-8(2)12-10-4-6-11(7-5-10)13-9(3)14/h8,10-12H,4-7H2,1-3H3,(H,13,14)/t10-,11-. The summed E-state index contributed by atoms with van der Waals surface area (Å²) in [5.41, 5.74) is 0. The maximum Gasteiger partial charge on any atom is 0.217 e. The topological polar surface area (TPSA) is 41.1 Å². The van der Waals surface area contributed by atoms with Crippen molar-refractivity contribution < 1.29 is 4.79 Å². The van der Waals surface area contributed by atoms with Gasteiger partial charge >= 0.3 is 0 Å². The molecule has 0 aromatic rings. The molecular formula is C11H22N2O. The molecule has 0 aromatic carbocycles. The summed E-state index contributed by atoms with van der Waals surface area (Å²) >= 11 is 0. The zero-order chi connectivity index (χ0) is 10.6. The summed E-state index contributed by atoms with van der Waals surface area (Å²) in [7, 11) is 0. The van der Waals surface area contributed by atoms with Crippen LogP contribution < -0.4 is 10.6 Å². The maximum absolute atomic E-state index is 10.8. The molecule has 0 aliphatic heterocycles. The lowest BCUT2D eigenvalue weighted by Crippen LogP contribution is -2.43. The van der Waals surface area contributed by atoms with E-state index in [9.17, 15) is 4.79 Å². The monoisotopic (exact) mass is 198 g/mol. The largest absolute Gasteiger partial charge is 0.354 e. The molecule has 3 heteroatoms. The number of rotatable bonds is 3. The van der Waals surface area contributed by atoms with Gasteiger partial charge in [0.2, 0.25) is 5.91 Å². The third kappa shape index (κ3) is 4.09. The molecule has 1 aliphatic rings. The predicted octanol–water partition coefficient (Wildman–Crippen LogP) is 1.43. The Morgan fingerprint density at radius 1 is 1.14 bits per heavy atom. The molecule has 0 spiro atoms. The van der Waals surface area contributed by atoms with Gasteiger partial charge in [0.05, 0.1) is 0 Å². The molecule has 0 radical (unpaired) electrons. The van der Waals surface area contributed by atoms with Gasteiger partial charge in [0.1, 0.15) is 0 Å². The molecule has 82 valence electrons. The van der Waals surface area contributed by atoms with Crippen molar-refractivity contribution in [3.63, 3.8) is 0 Å². The molecule has 0 unspecified atom stereocenters. The van der Waals surface area contributed by atoms with E-state index >= 15 is 0 Å². The molecule has 0 atom stereocenters. The van der Waals surface area contributed by atoms with Crippen molar-refractivity contribution >= 4 is 5.91 Å². The van der Waals surface area contributed by atoms with E-state index in [1.165, 1.54) is 12.8 Å². The second-order valence-electron chi connectivity index (χ2n) is 4.57. The summed E-state index contributed by atoms with van der Waals surface area (Å²) in [5, 5.41) is 6.53. The summed E-state index contributed by atoms with van der Waals surface area (Å²) in [5.74, 6) is 0.102. The highest BCUT2D eigenvalue weighted by Gasteiger charge is 2.21. The van der Waals surface area contributed by atoms with Gasteiger partial charge in [-0.3, -0.25) is 4.79 Å². The van der Waals surface area contributed by atoms with E-state index in [0.29, 0.717) is 18.1 Å². The van der Waals surface area contributed by atoms with Gasteiger partial charge in [-0.25, -0.2) is 0 Å². The molecule has 0 heterocycles. The van der Waals surface area contributed by atoms with Crippen LogP contribution in [-0.4, -0.2) is 24.0 Å². The zero-order valence-corrected chi connectivity index (χ0v) is 9.47. The van der Waals surface area contributed by atoms with Gasteiger partial charge in [-0.1, -0.05) is 13.8 Å². The molecule has 0 bridgehead atoms. The van der Waals surface area contributed by atoms with Crippen molar-refractivity contribution in [2.24, 2.45) is 0 Å². The van der Waals surface area contributed by atoms with Gasteiger partial charge in [-0.15, -0.1) is 0 Å². The van der Waals surface area contributed by atoms with Crippen molar-refractivity contribution in [1.82, 2.24) is 10.6 Å². The Kier molecular flexibility index (Phi) is 4.39. The van der Waals surface area contributed by atoms with Crippen LogP contribution in [0, 0.1) is 0 Å². The van der Waals surface area contributed by atoms with E-state index in [1.54, 1.807) is 6.92 Å². The van der Waals surface area contributed by atoms with E-state index < -0.39 is 0 Å². The molecule has 14 heavy (non-hydrogen) atoms. The smallest absolute Gasteiger partial charge is 0.217 e. The Hall–Kier alpha value is -0.570. The Balaban J connectivity index is 2.21. The average molecular weight is 198 g/mol. The first-order chi connectivity index (χ1) is 6.58. The fourth-order valence-corrected chi connectivity index (χ4v) is 2.16. The summed E-state index contributed by atoms with van der Waals surface area (Å²) < 4.78 is 0. The Labute approximate surface area is 86.6 Å². The first kappa shape index (κ1) is 11.5. The number of carbonyl (C=O) groups is 1. The quantitative estimate of drug-likeness (QED) is 0.720. The number of hydrogen-bond donors (Lipinski definition) is 2. The predicted molar refractivity (Wildman–Crippen MR) is 58.1 cm³/mol. The number of hydrogen-bond acceptors (Lipinski definition) is 2. The highest BCUT2D eigenvalue weighted by atomic mass is 16.1. The molecule has 1 aliphatic carbocycles. The molecule has 1 rings (SSSR count). The molecule has 0 saturated heterocycles. The van der Waals surface area contributed by atoms with Gasteiger partial charge in [0.15, 0.2) is 0 Å². The van der Waals surface area contributed by atoms with Crippen LogP contribution in [0.2, 0.25) is 0 Å². The van der Waals surface area contributed by atoms with Crippen LogP contribution in [0.1, 0.15) is 46.5 Å². The van der Waals surface area contributed by atoms with E-state index in [0.717, 1.165) is 12.8 Å². The molecule has 1 amide bonds. The van der Waals surface area contributed by atoms with E-state index in [2.05, 4.69) is 24.5 Å². The Morgan fingerprint density at radius 3 is 2.07 bits per heavy atom. The van der Waals surface area contributed by atoms with Gasteiger partial charge in [0.25, 0.3) is 0 Å². The summed E-state index contributed by atoms with van der Waals surface area (Å²) in [6.45, 7) is 5.96. The van der Waals surface area contributed by atoms with Crippen LogP contribution in [-0.2, 0) is 4.79 Å². The first-order valence-electron chi connectivity index (χ1n) is 5.61. The number of nitrogens with one attached hydrogen (secondary N) is 2. The highest BCUT2D eigenvalue weighted by Crippen LogP contribution is 2.18. The molecular weight excluding hydrogens is 176 g/mol. The Morgan fingerprint density at radius 2 is 1.64 bits per heavy atom. The van der Waals surface area contributed by atoms with Gasteiger partial charge in [0, 0.05) is 25.0 Å². The van der Waals surface area contributed by atoms with E-state index in [4.69, 9.17) is 0 Å². The molecule has 1 saturated carbocycles. The second-order valence-corrected chi connectivity index (χ2v) is 4.57. The van der Waals surface area contributed by atoms with Crippen molar-refractivity contribution in [3.8, 4) is 0 Å². The fraction of sp³-hybridized carbons (Fsp3) is 0.909. The second kappa shape index (κ2) is 5.35. The third-order valence-electron chi connectivity index (χ3n) is 2.70. The molecule has 2 N–H and O–H groups in total. The maximum atomic E-state index is 10.8. The van der Waals surface area contributed by atoms with Crippen molar-refractivity contribution in [2.75, 3.05) is 0 Å². The minimum absolute atomic E-state index is 0.102. The first-order valence-corrected chi connectivity index (χ1v) is 5.61. The lowest BCUT2D eigenvalue weighted by molar-refractivity contribution is -0.119. The number of amides is 1. The van der Waals surface area contributed by atoms with Crippen molar-refractivity contribution in [3.05, 3.63) is 0 Å². The Bertz CT molecular complexity index is 184. The summed E-state index contributed by atoms with van der Waals surface area (Å²) in [4.78, 5) is 10.8. The lowest BCUT2D eigenvalue weighted by Gasteiger charge is -2.30. The minimum atomic E-state index is 0.102. The lowest BCUT2D eigenvalue weighted by atomic mass is 9.91. The minimum Gasteiger partial charge on any atom is -0.354 e. The van der Waals surface area contributed by atoms with Crippen molar-refractivity contribution in [2.45, 2.75) is 64.6 Å². The fourth-order valence-electron chi connectivity index (χ4n) is 2.16. The highest BCUT2D eigenvalue weighted by molar-refractivity contribution is 5.73. The van der Waals surface area contributed by atoms with Crippen LogP contribution in [0.15, 0.2) is 0 Å². The van der Waals surface area contributed by atoms with Crippen LogP contribution in [0.3, 0.4) is 0 Å². The van der Waals surface area contributed by atoms with Crippen LogP contribution in [0.4, 0.5) is 0 Å². The van der Waals surface area contributed by atoms with Gasteiger partial charge in [-0.2, -0.15) is 0 Å². The van der Waals surface area contributed by atoms with E-state index in [-0.39, 0.29) is 5.91 Å². The van der Waals surface area contributed by atoms with Crippen LogP contribution in [0.5, 0.6) is 0 Å². The van der Waals surface area contributed by atoms with Gasteiger partial charge < -0.3 is 10.6 Å². The molecule has 0 aromatic heterocycles. The molecule has 1 fully saturated rings. The summed E-state index contributed by atoms with van der Waals surface area (Å²) in [6, 6.07) is 1.63. The van der Waals surface area contributed by atoms with E-state index in [1.807, 2.05) is 0 Å². The zero-order valence-electron chi connectivity index (χ0n) is 9.47. The van der Waals surface area contributed by atoms with Gasteiger partial charge in [-0.05, 0) is 25.7 Å². The number of carbonyl (C=O) groups excluding carboxylic acids is 1. The summed E-state index contributed by atoms with van der Waals surface area (Å²) in [6.07, 6.45) is 4.60. The van der Waals surface area contributed by atoms with Crippen molar-refractivity contribution in [1.29, 1.82) is 0 Å². The normalized spacial score (nSPS) is 27.7. The SMILES string of the molecule is CC(=O)N[C@H]1CC[C@H](NC(C)C)CC1. The molecule has 3 nitrogen and oxygen atoms in total. The van der Waals surface area contributed by atoms with Crippen LogP contribution in [0.25, 0.3) is 0 Å². The average Bonchev–Trinajstić information content (AvgIpc) is 2.06.